The summed E-state index contributed by atoms with van der Waals surface area (Å²) in [5.74, 6) is 0.252. The van der Waals surface area contributed by atoms with Crippen LogP contribution in [0.4, 0.5) is 8.78 Å². The van der Waals surface area contributed by atoms with Crippen LogP contribution in [0.25, 0.3) is 6.08 Å². The molecule has 0 aliphatic rings. The highest BCUT2D eigenvalue weighted by molar-refractivity contribution is 5.58. The number of nitrogens with two attached hydrogens (primary N) is 1. The summed E-state index contributed by atoms with van der Waals surface area (Å²) in [5, 5.41) is 0. The normalized spacial score (nSPS) is 12.1. The third-order valence-corrected chi connectivity index (χ3v) is 2.42. The maximum absolute atomic E-state index is 12.2. The molecule has 1 aromatic carbocycles. The number of rotatable bonds is 4. The second-order valence-electron chi connectivity index (χ2n) is 4.06. The van der Waals surface area contributed by atoms with Gasteiger partial charge in [0.2, 0.25) is 0 Å². The average molecular weight is 241 g/mol. The van der Waals surface area contributed by atoms with Crippen molar-refractivity contribution in [2.24, 2.45) is 5.73 Å². The third-order valence-electron chi connectivity index (χ3n) is 2.42. The van der Waals surface area contributed by atoms with E-state index >= 15 is 0 Å². The Bertz CT molecular complexity index is 404. The van der Waals surface area contributed by atoms with E-state index in [1.807, 2.05) is 25.1 Å². The highest BCUT2D eigenvalue weighted by Gasteiger charge is 2.10. The van der Waals surface area contributed by atoms with Gasteiger partial charge in [-0.3, -0.25) is 0 Å². The van der Waals surface area contributed by atoms with Crippen molar-refractivity contribution in [1.82, 2.24) is 0 Å². The highest BCUT2D eigenvalue weighted by atomic mass is 19.3. The fraction of sp³-hybridized carbons (Fsp3) is 0.385. The molecule has 0 aliphatic carbocycles. The molecular formula is C13H17F2NO. The minimum absolute atomic E-state index is 0.252. The molecule has 0 spiro atoms. The SMILES string of the molecule is CC(=Cc1cc(C)c(OC(F)F)c(C)c1)CN. The molecule has 0 unspecified atom stereocenters. The first-order chi connectivity index (χ1) is 7.93. The molecule has 0 aromatic heterocycles. The number of aryl methyl sites for hydroxylation is 2. The van der Waals surface area contributed by atoms with Gasteiger partial charge in [-0.05, 0) is 49.6 Å². The molecule has 0 saturated heterocycles. The standard InChI is InChI=1S/C13H17F2NO/c1-8(7-16)4-11-5-9(2)12(10(3)6-11)17-13(14)15/h4-6,13H,7,16H2,1-3H3. The molecule has 0 heterocycles. The third kappa shape index (κ3) is 3.82. The lowest BCUT2D eigenvalue weighted by Crippen LogP contribution is -2.05. The second kappa shape index (κ2) is 5.77. The van der Waals surface area contributed by atoms with Gasteiger partial charge < -0.3 is 10.5 Å². The van der Waals surface area contributed by atoms with Gasteiger partial charge >= 0.3 is 6.61 Å². The monoisotopic (exact) mass is 241 g/mol. The van der Waals surface area contributed by atoms with E-state index in [9.17, 15) is 8.78 Å². The fourth-order valence-electron chi connectivity index (χ4n) is 1.69. The van der Waals surface area contributed by atoms with E-state index in [-0.39, 0.29) is 5.75 Å². The van der Waals surface area contributed by atoms with Crippen LogP contribution in [0.3, 0.4) is 0 Å². The summed E-state index contributed by atoms with van der Waals surface area (Å²) in [6.07, 6.45) is 1.94. The first kappa shape index (κ1) is 13.6. The molecule has 2 nitrogen and oxygen atoms in total. The molecule has 94 valence electrons. The lowest BCUT2D eigenvalue weighted by atomic mass is 10.0. The molecule has 4 heteroatoms. The van der Waals surface area contributed by atoms with Gasteiger partial charge in [0.15, 0.2) is 0 Å². The Balaban J connectivity index is 3.09. The lowest BCUT2D eigenvalue weighted by Gasteiger charge is -2.12. The Morgan fingerprint density at radius 3 is 2.29 bits per heavy atom. The number of hydrogen-bond acceptors (Lipinski definition) is 2. The molecule has 17 heavy (non-hydrogen) atoms. The van der Waals surface area contributed by atoms with Gasteiger partial charge in [-0.2, -0.15) is 8.78 Å². The van der Waals surface area contributed by atoms with Crippen molar-refractivity contribution in [3.63, 3.8) is 0 Å². The Kier molecular flexibility index (Phi) is 4.63. The first-order valence-electron chi connectivity index (χ1n) is 5.37. The topological polar surface area (TPSA) is 35.2 Å². The predicted octanol–water partition coefficient (Wildman–Crippen LogP) is 3.27. The van der Waals surface area contributed by atoms with Crippen LogP contribution in [0.5, 0.6) is 5.75 Å². The van der Waals surface area contributed by atoms with Crippen LogP contribution in [-0.4, -0.2) is 13.2 Å². The van der Waals surface area contributed by atoms with E-state index in [0.717, 1.165) is 11.1 Å². The Labute approximate surface area is 100 Å². The summed E-state index contributed by atoms with van der Waals surface area (Å²) in [6, 6.07) is 3.62. The van der Waals surface area contributed by atoms with Crippen molar-refractivity contribution in [2.45, 2.75) is 27.4 Å². The van der Waals surface area contributed by atoms with Crippen molar-refractivity contribution in [3.8, 4) is 5.75 Å². The Morgan fingerprint density at radius 1 is 1.35 bits per heavy atom. The highest BCUT2D eigenvalue weighted by Crippen LogP contribution is 2.27. The maximum Gasteiger partial charge on any atom is 0.387 e. The van der Waals surface area contributed by atoms with E-state index in [1.54, 1.807) is 13.8 Å². The van der Waals surface area contributed by atoms with Crippen LogP contribution < -0.4 is 10.5 Å². The molecule has 0 amide bonds. The fourth-order valence-corrected chi connectivity index (χ4v) is 1.69. The van der Waals surface area contributed by atoms with Crippen LogP contribution in [0.1, 0.15) is 23.6 Å². The van der Waals surface area contributed by atoms with Gasteiger partial charge in [-0.15, -0.1) is 0 Å². The van der Waals surface area contributed by atoms with Crippen molar-refractivity contribution >= 4 is 6.08 Å². The molecule has 0 saturated carbocycles. The predicted molar refractivity (Wildman–Crippen MR) is 65.3 cm³/mol. The molecule has 0 atom stereocenters. The van der Waals surface area contributed by atoms with Gasteiger partial charge in [0.05, 0.1) is 0 Å². The van der Waals surface area contributed by atoms with Gasteiger partial charge in [0, 0.05) is 6.54 Å². The van der Waals surface area contributed by atoms with Crippen LogP contribution in [0, 0.1) is 13.8 Å². The van der Waals surface area contributed by atoms with Gasteiger partial charge in [0.1, 0.15) is 5.75 Å². The van der Waals surface area contributed by atoms with Gasteiger partial charge in [0.25, 0.3) is 0 Å². The zero-order valence-electron chi connectivity index (χ0n) is 10.3. The van der Waals surface area contributed by atoms with E-state index in [4.69, 9.17) is 5.73 Å². The second-order valence-corrected chi connectivity index (χ2v) is 4.06. The van der Waals surface area contributed by atoms with E-state index in [0.29, 0.717) is 17.7 Å². The van der Waals surface area contributed by atoms with Crippen LogP contribution in [0.2, 0.25) is 0 Å². The Hall–Kier alpha value is -1.42. The largest absolute Gasteiger partial charge is 0.434 e. The van der Waals surface area contributed by atoms with Crippen molar-refractivity contribution in [3.05, 3.63) is 34.4 Å². The van der Waals surface area contributed by atoms with E-state index in [1.165, 1.54) is 0 Å². The molecular weight excluding hydrogens is 224 g/mol. The van der Waals surface area contributed by atoms with Gasteiger partial charge in [-0.25, -0.2) is 0 Å². The summed E-state index contributed by atoms with van der Waals surface area (Å²) in [5.41, 5.74) is 8.87. The van der Waals surface area contributed by atoms with Crippen molar-refractivity contribution in [2.75, 3.05) is 6.54 Å². The molecule has 1 aromatic rings. The van der Waals surface area contributed by atoms with E-state index < -0.39 is 6.61 Å². The zero-order chi connectivity index (χ0) is 13.0. The van der Waals surface area contributed by atoms with Crippen LogP contribution in [-0.2, 0) is 0 Å². The maximum atomic E-state index is 12.2. The molecule has 1 rings (SSSR count). The number of halogens is 2. The molecule has 0 radical (unpaired) electrons. The summed E-state index contributed by atoms with van der Waals surface area (Å²) in [7, 11) is 0. The molecule has 2 N–H and O–H groups in total. The minimum atomic E-state index is -2.79. The van der Waals surface area contributed by atoms with Crippen LogP contribution in [0.15, 0.2) is 17.7 Å². The summed E-state index contributed by atoms with van der Waals surface area (Å²) in [6.45, 7) is 3.11. The number of alkyl halides is 2. The summed E-state index contributed by atoms with van der Waals surface area (Å²) >= 11 is 0. The van der Waals surface area contributed by atoms with Crippen molar-refractivity contribution < 1.29 is 13.5 Å². The number of ether oxygens (including phenoxy) is 1. The number of hydrogen-bond donors (Lipinski definition) is 1. The quantitative estimate of drug-likeness (QED) is 0.878. The first-order valence-corrected chi connectivity index (χ1v) is 5.37. The smallest absolute Gasteiger partial charge is 0.387 e. The molecule has 0 fully saturated rings. The van der Waals surface area contributed by atoms with Crippen LogP contribution >= 0.6 is 0 Å². The summed E-state index contributed by atoms with van der Waals surface area (Å²) in [4.78, 5) is 0. The molecule has 0 bridgehead atoms. The number of benzene rings is 1. The van der Waals surface area contributed by atoms with E-state index in [2.05, 4.69) is 4.74 Å². The minimum Gasteiger partial charge on any atom is -0.434 e. The van der Waals surface area contributed by atoms with Crippen molar-refractivity contribution in [1.29, 1.82) is 0 Å². The molecule has 0 aliphatic heterocycles. The lowest BCUT2D eigenvalue weighted by molar-refractivity contribution is -0.0507. The average Bonchev–Trinajstić information content (AvgIpc) is 2.23. The van der Waals surface area contributed by atoms with Gasteiger partial charge in [-0.1, -0.05) is 11.6 Å². The Morgan fingerprint density at radius 2 is 1.88 bits per heavy atom. The summed E-state index contributed by atoms with van der Waals surface area (Å²) < 4.78 is 28.9. The zero-order valence-corrected chi connectivity index (χ0v) is 10.3.